The predicted octanol–water partition coefficient (Wildman–Crippen LogP) is 5.69. The maximum Gasteiger partial charge on any atom is 0.242 e. The van der Waals surface area contributed by atoms with Gasteiger partial charge in [0.05, 0.1) is 38.4 Å². The van der Waals surface area contributed by atoms with Gasteiger partial charge in [-0.3, -0.25) is 9.52 Å². The molecule has 1 amide bonds. The summed E-state index contributed by atoms with van der Waals surface area (Å²) in [5, 5.41) is -0.342. The van der Waals surface area contributed by atoms with Crippen LogP contribution in [0, 0.1) is 0 Å². The van der Waals surface area contributed by atoms with Crippen molar-refractivity contribution in [2.24, 2.45) is 0 Å². The summed E-state index contributed by atoms with van der Waals surface area (Å²) in [6.07, 6.45) is 0.0226. The number of imidazole rings is 1. The zero-order valence-corrected chi connectivity index (χ0v) is 25.4. The van der Waals surface area contributed by atoms with E-state index in [2.05, 4.69) is 14.7 Å². The van der Waals surface area contributed by atoms with Crippen molar-refractivity contribution in [3.05, 3.63) is 118 Å². The molecule has 0 aliphatic carbocycles. The average Bonchev–Trinajstić information content (AvgIpc) is 3.51. The summed E-state index contributed by atoms with van der Waals surface area (Å²) < 4.78 is 56.6. The highest BCUT2D eigenvalue weighted by Gasteiger charge is 2.37. The fourth-order valence-electron chi connectivity index (χ4n) is 5.05. The monoisotopic (exact) mass is 654 g/mol. The molecule has 9 nitrogen and oxygen atoms in total. The third-order valence-electron chi connectivity index (χ3n) is 7.23. The number of benzene rings is 4. The van der Waals surface area contributed by atoms with Crippen LogP contribution < -0.4 is 9.44 Å². The first kappa shape index (κ1) is 29.3. The maximum atomic E-state index is 13.6. The van der Waals surface area contributed by atoms with Gasteiger partial charge in [-0.05, 0) is 52.9 Å². The fourth-order valence-corrected chi connectivity index (χ4v) is 8.00. The molecule has 5 aromatic rings. The number of nitrogens with one attached hydrogen (secondary N) is 3. The summed E-state index contributed by atoms with van der Waals surface area (Å²) in [6, 6.07) is 25.3. The molecule has 43 heavy (non-hydrogen) atoms. The Bertz CT molecular complexity index is 2010. The van der Waals surface area contributed by atoms with E-state index >= 15 is 0 Å². The lowest BCUT2D eigenvalue weighted by molar-refractivity contribution is -0.118. The second-order valence-corrected chi connectivity index (χ2v) is 14.6. The third kappa shape index (κ3) is 6.17. The van der Waals surface area contributed by atoms with E-state index < -0.39 is 37.2 Å². The highest BCUT2D eigenvalue weighted by Crippen LogP contribution is 2.32. The first-order valence-corrected chi connectivity index (χ1v) is 16.9. The van der Waals surface area contributed by atoms with Crippen LogP contribution in [0.1, 0.15) is 34.7 Å². The molecule has 1 fully saturated rings. The molecular weight excluding hydrogens is 631 g/mol. The van der Waals surface area contributed by atoms with Crippen LogP contribution in [0.5, 0.6) is 0 Å². The number of fused-ring (bicyclic) bond motifs is 1. The molecule has 6 rings (SSSR count). The predicted molar refractivity (Wildman–Crippen MR) is 166 cm³/mol. The minimum Gasteiger partial charge on any atom is -0.341 e. The van der Waals surface area contributed by atoms with Crippen LogP contribution >= 0.6 is 23.2 Å². The molecule has 4 aromatic carbocycles. The summed E-state index contributed by atoms with van der Waals surface area (Å²) in [5.74, 6) is -0.208. The Balaban J connectivity index is 1.31. The minimum atomic E-state index is -4.01. The number of sulfonamides is 2. The van der Waals surface area contributed by atoms with Gasteiger partial charge in [-0.15, -0.1) is 0 Å². The number of carbonyl (C=O) groups excluding carboxylic acids is 1. The number of halogens is 2. The lowest BCUT2D eigenvalue weighted by Gasteiger charge is -2.18. The smallest absolute Gasteiger partial charge is 0.242 e. The number of nitrogens with zero attached hydrogens (tertiary/aromatic N) is 1. The number of aromatic amines is 1. The number of aromatic nitrogens is 2. The van der Waals surface area contributed by atoms with Crippen molar-refractivity contribution < 1.29 is 21.6 Å². The summed E-state index contributed by atoms with van der Waals surface area (Å²) in [6.45, 7) is 0. The number of amides is 1. The van der Waals surface area contributed by atoms with Crippen LogP contribution in [0.4, 0.5) is 0 Å². The molecule has 220 valence electrons. The first-order valence-electron chi connectivity index (χ1n) is 13.1. The van der Waals surface area contributed by atoms with Crippen LogP contribution in [0.25, 0.3) is 22.2 Å². The summed E-state index contributed by atoms with van der Waals surface area (Å²) >= 11 is 12.4. The summed E-state index contributed by atoms with van der Waals surface area (Å²) in [7, 11) is -7.80. The van der Waals surface area contributed by atoms with Gasteiger partial charge in [-0.1, -0.05) is 89.9 Å². The highest BCUT2D eigenvalue weighted by atomic mass is 35.5. The van der Waals surface area contributed by atoms with Gasteiger partial charge >= 0.3 is 0 Å². The zero-order chi connectivity index (χ0) is 30.4. The van der Waals surface area contributed by atoms with Gasteiger partial charge in [0.2, 0.25) is 26.0 Å². The van der Waals surface area contributed by atoms with Crippen LogP contribution in [0.15, 0.2) is 95.9 Å². The lowest BCUT2D eigenvalue weighted by Crippen LogP contribution is -2.31. The number of hydrogen-bond acceptors (Lipinski definition) is 6. The van der Waals surface area contributed by atoms with Crippen LogP contribution in [0.2, 0.25) is 10.0 Å². The van der Waals surface area contributed by atoms with Crippen molar-refractivity contribution in [2.75, 3.05) is 0 Å². The van der Waals surface area contributed by atoms with E-state index in [1.807, 2.05) is 35.1 Å². The molecule has 1 saturated heterocycles. The average molecular weight is 656 g/mol. The molecule has 1 aromatic heterocycles. The zero-order valence-electron chi connectivity index (χ0n) is 22.3. The third-order valence-corrected chi connectivity index (χ3v) is 11.1. The molecule has 1 unspecified atom stereocenters. The maximum absolute atomic E-state index is 13.6. The molecule has 2 heterocycles. The molecule has 3 N–H and O–H groups in total. The van der Waals surface area contributed by atoms with Gasteiger partial charge in [0.1, 0.15) is 11.1 Å². The van der Waals surface area contributed by atoms with Gasteiger partial charge in [0.15, 0.2) is 0 Å². The number of rotatable bonds is 8. The van der Waals surface area contributed by atoms with Gasteiger partial charge in [0, 0.05) is 0 Å². The number of hydrogen-bond donors (Lipinski definition) is 3. The minimum absolute atomic E-state index is 0.0818. The Morgan fingerprint density at radius 3 is 2.21 bits per heavy atom. The molecule has 13 heteroatoms. The topological polar surface area (TPSA) is 138 Å². The fraction of sp³-hybridized carbons (Fsp3) is 0.133. The molecule has 0 bridgehead atoms. The molecule has 0 saturated carbocycles. The quantitative estimate of drug-likeness (QED) is 0.197. The van der Waals surface area contributed by atoms with Crippen molar-refractivity contribution in [1.82, 2.24) is 19.4 Å². The van der Waals surface area contributed by atoms with E-state index in [4.69, 9.17) is 23.2 Å². The van der Waals surface area contributed by atoms with E-state index in [1.165, 1.54) is 0 Å². The van der Waals surface area contributed by atoms with Crippen molar-refractivity contribution in [3.8, 4) is 11.1 Å². The van der Waals surface area contributed by atoms with Crippen molar-refractivity contribution in [3.63, 3.8) is 0 Å². The highest BCUT2D eigenvalue weighted by molar-refractivity contribution is 7.90. The molecule has 0 spiro atoms. The van der Waals surface area contributed by atoms with Gasteiger partial charge in [-0.25, -0.2) is 26.5 Å². The van der Waals surface area contributed by atoms with E-state index in [1.54, 1.807) is 60.7 Å². The van der Waals surface area contributed by atoms with Crippen LogP contribution in [-0.4, -0.2) is 32.7 Å². The van der Waals surface area contributed by atoms with Crippen molar-refractivity contribution >= 4 is 60.2 Å². The summed E-state index contributed by atoms with van der Waals surface area (Å²) in [5.41, 5.74) is 4.11. The van der Waals surface area contributed by atoms with Crippen LogP contribution in [-0.2, 0) is 31.3 Å². The van der Waals surface area contributed by atoms with E-state index in [-0.39, 0.29) is 17.7 Å². The second kappa shape index (κ2) is 11.4. The van der Waals surface area contributed by atoms with Gasteiger partial charge in [0.25, 0.3) is 0 Å². The lowest BCUT2D eigenvalue weighted by atomic mass is 10.0. The molecule has 2 atom stereocenters. The Hall–Kier alpha value is -3.74. The second-order valence-electron chi connectivity index (χ2n) is 10.2. The van der Waals surface area contributed by atoms with E-state index in [0.717, 1.165) is 11.1 Å². The van der Waals surface area contributed by atoms with E-state index in [9.17, 15) is 21.6 Å². The Morgan fingerprint density at radius 1 is 0.907 bits per heavy atom. The first-order chi connectivity index (χ1) is 20.5. The molecule has 0 radical (unpaired) electrons. The molecule has 1 aliphatic heterocycles. The molecular formula is C30H24Cl2N4O5S2. The van der Waals surface area contributed by atoms with E-state index in [0.29, 0.717) is 38.0 Å². The Morgan fingerprint density at radius 2 is 1.56 bits per heavy atom. The summed E-state index contributed by atoms with van der Waals surface area (Å²) in [4.78, 5) is 19.5. The van der Waals surface area contributed by atoms with Crippen molar-refractivity contribution in [1.29, 1.82) is 0 Å². The largest absolute Gasteiger partial charge is 0.341 e. The normalized spacial score (nSPS) is 17.2. The van der Waals surface area contributed by atoms with Crippen LogP contribution in [0.3, 0.4) is 0 Å². The standard InChI is InChI=1S/C30H24Cl2N4O5S2/c31-23-15-25-26(16-24(23)32)34-30(33-25)27(14-18-6-8-21(9-7-18)28-17-29(37)36-43(28,40)41)35-42(38,39)22-12-10-20(11-13-22)19-4-2-1-3-5-19/h1-13,15-16,27-28,35H,14,17H2,(H,33,34)(H,36,37)/t27-,28?/m0/s1. The van der Waals surface area contributed by atoms with Gasteiger partial charge in [-0.2, -0.15) is 0 Å². The number of H-pyrrole nitrogens is 1. The Labute approximate surface area is 258 Å². The molecule has 1 aliphatic rings. The number of carbonyl (C=O) groups is 1. The van der Waals surface area contributed by atoms with Crippen molar-refractivity contribution in [2.45, 2.75) is 29.0 Å². The SMILES string of the molecule is O=C1CC(c2ccc(C[C@H](NS(=O)(=O)c3ccc(-c4ccccc4)cc3)c3nc4cc(Cl)c(Cl)cc4[nH]3)cc2)S(=O)(=O)N1. The Kier molecular flexibility index (Phi) is 7.78. The van der Waals surface area contributed by atoms with Gasteiger partial charge < -0.3 is 4.98 Å².